The summed E-state index contributed by atoms with van der Waals surface area (Å²) in [6, 6.07) is 21.6. The van der Waals surface area contributed by atoms with Crippen molar-refractivity contribution in [1.29, 1.82) is 0 Å². The zero-order valence-electron chi connectivity index (χ0n) is 21.8. The molecule has 0 aliphatic carbocycles. The smallest absolute Gasteiger partial charge is 0.276 e. The van der Waals surface area contributed by atoms with Gasteiger partial charge in [-0.05, 0) is 52.4 Å². The zero-order valence-corrected chi connectivity index (χ0v) is 22.6. The number of pyridine rings is 1. The molecule has 0 unspecified atom stereocenters. The number of rotatable bonds is 10. The third-order valence-corrected chi connectivity index (χ3v) is 7.35. The van der Waals surface area contributed by atoms with Gasteiger partial charge in [0.1, 0.15) is 5.69 Å². The number of carbonyl (C=O) groups excluding carboxylic acids is 1. The lowest BCUT2D eigenvalue weighted by Gasteiger charge is -2.23. The van der Waals surface area contributed by atoms with Crippen molar-refractivity contribution in [3.63, 3.8) is 0 Å². The highest BCUT2D eigenvalue weighted by Crippen LogP contribution is 2.33. The number of hydrogen-bond donors (Lipinski definition) is 2. The lowest BCUT2D eigenvalue weighted by Crippen LogP contribution is -2.29. The Morgan fingerprint density at radius 2 is 1.85 bits per heavy atom. The van der Waals surface area contributed by atoms with Crippen molar-refractivity contribution in [3.8, 4) is 22.5 Å². The van der Waals surface area contributed by atoms with Gasteiger partial charge in [0.15, 0.2) is 0 Å². The van der Waals surface area contributed by atoms with Gasteiger partial charge in [-0.15, -0.1) is 21.5 Å². The molecule has 1 amide bonds. The normalized spacial score (nSPS) is 10.9. The van der Waals surface area contributed by atoms with Crippen molar-refractivity contribution in [3.05, 3.63) is 93.5 Å². The van der Waals surface area contributed by atoms with Crippen molar-refractivity contribution < 1.29 is 4.79 Å². The van der Waals surface area contributed by atoms with E-state index in [9.17, 15) is 9.59 Å². The maximum absolute atomic E-state index is 13.7. The summed E-state index contributed by atoms with van der Waals surface area (Å²) in [5.41, 5.74) is 4.36. The van der Waals surface area contributed by atoms with Crippen LogP contribution in [0.25, 0.3) is 22.5 Å². The molecule has 2 aromatic carbocycles. The van der Waals surface area contributed by atoms with Crippen molar-refractivity contribution >= 4 is 34.3 Å². The summed E-state index contributed by atoms with van der Waals surface area (Å²) in [7, 11) is 1.84. The Morgan fingerprint density at radius 3 is 2.54 bits per heavy atom. The van der Waals surface area contributed by atoms with Gasteiger partial charge < -0.3 is 14.8 Å². The highest BCUT2D eigenvalue weighted by atomic mass is 32.1. The molecule has 0 atom stereocenters. The Balaban J connectivity index is 1.49. The van der Waals surface area contributed by atoms with Crippen LogP contribution in [0, 0.1) is 0 Å². The molecule has 0 fully saturated rings. The largest absolute Gasteiger partial charge is 0.338 e. The number of benzene rings is 2. The van der Waals surface area contributed by atoms with Crippen LogP contribution in [0.3, 0.4) is 0 Å². The lowest BCUT2D eigenvalue weighted by molar-refractivity contribution is -0.116. The summed E-state index contributed by atoms with van der Waals surface area (Å²) in [5, 5.41) is 19.4. The van der Waals surface area contributed by atoms with Crippen LogP contribution in [-0.4, -0.2) is 38.1 Å². The Hall–Kier alpha value is -4.57. The fraction of sp³-hybridized carbons (Fsp3) is 0.207. The van der Waals surface area contributed by atoms with E-state index in [1.165, 1.54) is 0 Å². The molecule has 3 heterocycles. The van der Waals surface area contributed by atoms with Crippen molar-refractivity contribution in [2.45, 2.75) is 32.7 Å². The third-order valence-electron chi connectivity index (χ3n) is 6.49. The standard InChI is InChI=1S/C29H29N7O2S/c1-3-4-11-26(37)30-25-16-17-36(19-22-8-7-18-39-22)29(38)27(25)35(2)21-14-12-20(13-15-21)23-9-5-6-10-24(23)28-31-33-34-32-28/h5-10,12-18H,3-4,11,19H2,1-2H3,(H,30,37)(H,31,32,33,34). The van der Waals surface area contributed by atoms with Crippen LogP contribution in [-0.2, 0) is 11.3 Å². The Bertz CT molecular complexity index is 1590. The molecule has 0 bridgehead atoms. The van der Waals surface area contributed by atoms with Gasteiger partial charge in [-0.3, -0.25) is 9.59 Å². The van der Waals surface area contributed by atoms with Gasteiger partial charge in [-0.25, -0.2) is 0 Å². The molecule has 0 saturated carbocycles. The van der Waals surface area contributed by atoms with E-state index in [0.29, 0.717) is 30.2 Å². The average Bonchev–Trinajstić information content (AvgIpc) is 3.68. The fourth-order valence-corrected chi connectivity index (χ4v) is 5.13. The highest BCUT2D eigenvalue weighted by molar-refractivity contribution is 7.09. The first-order valence-corrected chi connectivity index (χ1v) is 13.7. The number of thiophene rings is 1. The van der Waals surface area contributed by atoms with Gasteiger partial charge in [-0.1, -0.05) is 55.8 Å². The number of aromatic amines is 1. The molecule has 0 radical (unpaired) electrons. The Morgan fingerprint density at radius 1 is 1.05 bits per heavy atom. The van der Waals surface area contributed by atoms with Crippen LogP contribution in [0.5, 0.6) is 0 Å². The molecule has 0 saturated heterocycles. The Labute approximate surface area is 230 Å². The summed E-state index contributed by atoms with van der Waals surface area (Å²) in [5.74, 6) is 0.418. The van der Waals surface area contributed by atoms with E-state index in [1.807, 2.05) is 84.9 Å². The molecule has 9 nitrogen and oxygen atoms in total. The lowest BCUT2D eigenvalue weighted by atomic mass is 9.99. The maximum atomic E-state index is 13.7. The number of nitrogens with zero attached hydrogens (tertiary/aromatic N) is 5. The van der Waals surface area contributed by atoms with Crippen LogP contribution in [0.15, 0.2) is 83.1 Å². The summed E-state index contributed by atoms with van der Waals surface area (Å²) >= 11 is 1.60. The highest BCUT2D eigenvalue weighted by Gasteiger charge is 2.19. The number of carbonyl (C=O) groups is 1. The number of unbranched alkanes of at least 4 members (excludes halogenated alkanes) is 1. The van der Waals surface area contributed by atoms with Gasteiger partial charge >= 0.3 is 0 Å². The summed E-state index contributed by atoms with van der Waals surface area (Å²) < 4.78 is 1.68. The topological polar surface area (TPSA) is 109 Å². The van der Waals surface area contributed by atoms with Gasteiger partial charge in [0, 0.05) is 35.8 Å². The number of H-pyrrole nitrogens is 1. The van der Waals surface area contributed by atoms with Gasteiger partial charge in [0.25, 0.3) is 5.56 Å². The van der Waals surface area contributed by atoms with Crippen LogP contribution < -0.4 is 15.8 Å². The number of hydrogen-bond acceptors (Lipinski definition) is 7. The molecule has 0 spiro atoms. The predicted molar refractivity (Wildman–Crippen MR) is 155 cm³/mol. The number of anilines is 3. The summed E-state index contributed by atoms with van der Waals surface area (Å²) in [6.07, 6.45) is 3.86. The molecular formula is C29H29N7O2S. The monoisotopic (exact) mass is 539 g/mol. The van der Waals surface area contributed by atoms with Crippen molar-refractivity contribution in [2.75, 3.05) is 17.3 Å². The zero-order chi connectivity index (χ0) is 27.2. The van der Waals surface area contributed by atoms with Gasteiger partial charge in [-0.2, -0.15) is 5.21 Å². The quantitative estimate of drug-likeness (QED) is 0.236. The van der Waals surface area contributed by atoms with E-state index in [1.54, 1.807) is 28.2 Å². The van der Waals surface area contributed by atoms with Crippen LogP contribution in [0.1, 0.15) is 31.1 Å². The maximum Gasteiger partial charge on any atom is 0.276 e. The van der Waals surface area contributed by atoms with Crippen LogP contribution >= 0.6 is 11.3 Å². The first-order valence-electron chi connectivity index (χ1n) is 12.8. The first kappa shape index (κ1) is 26.1. The SMILES string of the molecule is CCCCC(=O)Nc1ccn(Cc2cccs2)c(=O)c1N(C)c1ccc(-c2ccccc2-c2nn[nH]n2)cc1. The number of amides is 1. The number of nitrogens with one attached hydrogen (secondary N) is 2. The van der Waals surface area contributed by atoms with E-state index >= 15 is 0 Å². The number of aromatic nitrogens is 5. The minimum absolute atomic E-state index is 0.102. The van der Waals surface area contributed by atoms with E-state index in [-0.39, 0.29) is 11.5 Å². The fourth-order valence-electron chi connectivity index (χ4n) is 4.43. The Kier molecular flexibility index (Phi) is 7.93. The second-order valence-electron chi connectivity index (χ2n) is 9.13. The van der Waals surface area contributed by atoms with E-state index < -0.39 is 0 Å². The minimum Gasteiger partial charge on any atom is -0.338 e. The number of tetrazole rings is 1. The predicted octanol–water partition coefficient (Wildman–Crippen LogP) is 5.70. The molecule has 5 aromatic rings. The van der Waals surface area contributed by atoms with Crippen LogP contribution in [0.2, 0.25) is 0 Å². The first-order chi connectivity index (χ1) is 19.0. The summed E-state index contributed by atoms with van der Waals surface area (Å²) in [4.78, 5) is 29.3. The van der Waals surface area contributed by atoms with Crippen molar-refractivity contribution in [2.24, 2.45) is 0 Å². The second kappa shape index (κ2) is 11.9. The van der Waals surface area contributed by atoms with Crippen molar-refractivity contribution in [1.82, 2.24) is 25.2 Å². The average molecular weight is 540 g/mol. The third kappa shape index (κ3) is 5.80. The molecular weight excluding hydrogens is 510 g/mol. The molecule has 0 aliphatic heterocycles. The van der Waals surface area contributed by atoms with Gasteiger partial charge in [0.05, 0.1) is 12.2 Å². The minimum atomic E-state index is -0.175. The molecule has 39 heavy (non-hydrogen) atoms. The molecule has 2 N–H and O–H groups in total. The van der Waals surface area contributed by atoms with E-state index in [2.05, 4.69) is 25.9 Å². The van der Waals surface area contributed by atoms with Gasteiger partial charge in [0.2, 0.25) is 11.7 Å². The van der Waals surface area contributed by atoms with E-state index in [4.69, 9.17) is 0 Å². The molecule has 10 heteroatoms. The molecule has 3 aromatic heterocycles. The second-order valence-corrected chi connectivity index (χ2v) is 10.2. The van der Waals surface area contributed by atoms with E-state index in [0.717, 1.165) is 40.1 Å². The van der Waals surface area contributed by atoms with Crippen LogP contribution in [0.4, 0.5) is 17.1 Å². The summed E-state index contributed by atoms with van der Waals surface area (Å²) in [6.45, 7) is 2.51. The molecule has 198 valence electrons. The molecule has 0 aliphatic rings. The molecule has 5 rings (SSSR count).